The number of amides is 1. The number of ether oxygens (including phenoxy) is 1. The molecule has 1 aromatic rings. The van der Waals surface area contributed by atoms with Crippen LogP contribution < -0.4 is 15.1 Å². The Labute approximate surface area is 148 Å². The van der Waals surface area contributed by atoms with Crippen LogP contribution in [0.15, 0.2) is 12.4 Å². The average Bonchev–Trinajstić information content (AvgIpc) is 3.18. The second-order valence-electron chi connectivity index (χ2n) is 7.78. The zero-order valence-corrected chi connectivity index (χ0v) is 15.0. The highest BCUT2D eigenvalue weighted by molar-refractivity contribution is 5.76. The minimum absolute atomic E-state index is 0.201. The number of nitrogens with zero attached hydrogens (tertiary/aromatic N) is 4. The fourth-order valence-corrected chi connectivity index (χ4v) is 3.85. The predicted molar refractivity (Wildman–Crippen MR) is 95.6 cm³/mol. The average molecular weight is 345 g/mol. The lowest BCUT2D eigenvalue weighted by atomic mass is 9.93. The van der Waals surface area contributed by atoms with E-state index >= 15 is 0 Å². The number of fused-ring (bicyclic) bond motifs is 1. The van der Waals surface area contributed by atoms with E-state index in [1.165, 1.54) is 12.8 Å². The van der Waals surface area contributed by atoms with Gasteiger partial charge in [-0.25, -0.2) is 9.97 Å². The molecule has 1 aliphatic carbocycles. The lowest BCUT2D eigenvalue weighted by Gasteiger charge is -2.22. The Bertz CT molecular complexity index is 634. The number of nitrogens with one attached hydrogen (secondary N) is 1. The zero-order chi connectivity index (χ0) is 17.4. The van der Waals surface area contributed by atoms with Gasteiger partial charge in [-0.2, -0.15) is 0 Å². The lowest BCUT2D eigenvalue weighted by Crippen LogP contribution is -2.34. The molecule has 1 N–H and O–H groups in total. The summed E-state index contributed by atoms with van der Waals surface area (Å²) in [6, 6.07) is 2.02. The number of anilines is 2. The quantitative estimate of drug-likeness (QED) is 0.826. The molecule has 3 fully saturated rings. The molecule has 3 heterocycles. The molecule has 136 valence electrons. The summed E-state index contributed by atoms with van der Waals surface area (Å²) in [6.45, 7) is 3.27. The highest BCUT2D eigenvalue weighted by Crippen LogP contribution is 2.36. The van der Waals surface area contributed by atoms with Gasteiger partial charge in [0.1, 0.15) is 18.0 Å². The fraction of sp³-hybridized carbons (Fsp3) is 0.722. The van der Waals surface area contributed by atoms with Gasteiger partial charge in [0.05, 0.1) is 12.7 Å². The van der Waals surface area contributed by atoms with E-state index in [-0.39, 0.29) is 12.0 Å². The molecule has 0 aromatic carbocycles. The fourth-order valence-electron chi connectivity index (χ4n) is 3.85. The number of hydrogen-bond acceptors (Lipinski definition) is 6. The summed E-state index contributed by atoms with van der Waals surface area (Å²) in [5.74, 6) is 3.55. The first kappa shape index (κ1) is 16.6. The van der Waals surface area contributed by atoms with Gasteiger partial charge in [-0.1, -0.05) is 0 Å². The summed E-state index contributed by atoms with van der Waals surface area (Å²) in [4.78, 5) is 24.9. The molecule has 25 heavy (non-hydrogen) atoms. The van der Waals surface area contributed by atoms with Gasteiger partial charge in [0.2, 0.25) is 5.91 Å². The van der Waals surface area contributed by atoms with Crippen LogP contribution in [0.2, 0.25) is 0 Å². The largest absolute Gasteiger partial charge is 0.376 e. The van der Waals surface area contributed by atoms with Crippen LogP contribution in [0.4, 0.5) is 11.6 Å². The van der Waals surface area contributed by atoms with Crippen molar-refractivity contribution in [3.05, 3.63) is 12.4 Å². The topological polar surface area (TPSA) is 70.6 Å². The minimum Gasteiger partial charge on any atom is -0.376 e. The zero-order valence-electron chi connectivity index (χ0n) is 15.0. The highest BCUT2D eigenvalue weighted by Gasteiger charge is 2.44. The third-order valence-electron chi connectivity index (χ3n) is 5.59. The molecule has 0 spiro atoms. The van der Waals surface area contributed by atoms with Crippen molar-refractivity contribution in [2.75, 3.05) is 50.1 Å². The molecule has 0 unspecified atom stereocenters. The van der Waals surface area contributed by atoms with Crippen LogP contribution in [0.25, 0.3) is 0 Å². The molecule has 3 atom stereocenters. The van der Waals surface area contributed by atoms with Gasteiger partial charge in [0, 0.05) is 58.1 Å². The first-order valence-electron chi connectivity index (χ1n) is 9.23. The van der Waals surface area contributed by atoms with Crippen molar-refractivity contribution < 1.29 is 9.53 Å². The van der Waals surface area contributed by atoms with E-state index in [2.05, 4.69) is 20.2 Å². The maximum absolute atomic E-state index is 11.9. The van der Waals surface area contributed by atoms with E-state index in [0.29, 0.717) is 24.2 Å². The number of aromatic nitrogens is 2. The van der Waals surface area contributed by atoms with Gasteiger partial charge < -0.3 is 19.9 Å². The maximum atomic E-state index is 11.9. The molecule has 0 radical (unpaired) electrons. The molecule has 4 rings (SSSR count). The molecule has 7 heteroatoms. The maximum Gasteiger partial charge on any atom is 0.220 e. The van der Waals surface area contributed by atoms with Crippen molar-refractivity contribution in [1.29, 1.82) is 0 Å². The van der Waals surface area contributed by atoms with Gasteiger partial charge in [0.15, 0.2) is 0 Å². The summed E-state index contributed by atoms with van der Waals surface area (Å²) in [6.07, 6.45) is 4.99. The minimum atomic E-state index is 0.201. The SMILES string of the molecule is CN(C)c1cc(N2C[C@H]3[C@@H](CNC(=O)CC4CC4)CO[C@H]3C2)ncn1. The summed E-state index contributed by atoms with van der Waals surface area (Å²) in [5, 5.41) is 3.12. The van der Waals surface area contributed by atoms with Crippen LogP contribution >= 0.6 is 0 Å². The molecule has 1 saturated carbocycles. The molecule has 2 saturated heterocycles. The lowest BCUT2D eigenvalue weighted by molar-refractivity contribution is -0.121. The predicted octanol–water partition coefficient (Wildman–Crippen LogP) is 0.910. The van der Waals surface area contributed by atoms with E-state index in [9.17, 15) is 4.79 Å². The number of carbonyl (C=O) groups is 1. The van der Waals surface area contributed by atoms with Crippen molar-refractivity contribution in [3.63, 3.8) is 0 Å². The second kappa shape index (κ2) is 6.78. The Morgan fingerprint density at radius 3 is 2.96 bits per heavy atom. The molecule has 1 amide bonds. The van der Waals surface area contributed by atoms with Crippen LogP contribution in [-0.2, 0) is 9.53 Å². The Hall–Kier alpha value is -1.89. The normalized spacial score (nSPS) is 28.1. The van der Waals surface area contributed by atoms with E-state index in [0.717, 1.165) is 37.9 Å². The number of hydrogen-bond donors (Lipinski definition) is 1. The van der Waals surface area contributed by atoms with Crippen molar-refractivity contribution in [2.45, 2.75) is 25.4 Å². The second-order valence-corrected chi connectivity index (χ2v) is 7.78. The van der Waals surface area contributed by atoms with E-state index in [1.807, 2.05) is 25.1 Å². The summed E-state index contributed by atoms with van der Waals surface area (Å²) >= 11 is 0. The number of carbonyl (C=O) groups excluding carboxylic acids is 1. The van der Waals surface area contributed by atoms with Gasteiger partial charge in [0.25, 0.3) is 0 Å². The molecule has 3 aliphatic rings. The van der Waals surface area contributed by atoms with Crippen LogP contribution in [0.3, 0.4) is 0 Å². The van der Waals surface area contributed by atoms with E-state index < -0.39 is 0 Å². The van der Waals surface area contributed by atoms with Crippen LogP contribution in [0, 0.1) is 17.8 Å². The molecular formula is C18H27N5O2. The first-order valence-corrected chi connectivity index (χ1v) is 9.23. The van der Waals surface area contributed by atoms with Gasteiger partial charge in [-0.05, 0) is 18.8 Å². The van der Waals surface area contributed by atoms with Crippen LogP contribution in [-0.4, -0.2) is 62.3 Å². The molecule has 2 aliphatic heterocycles. The summed E-state index contributed by atoms with van der Waals surface area (Å²) in [7, 11) is 3.96. The smallest absolute Gasteiger partial charge is 0.220 e. The van der Waals surface area contributed by atoms with Crippen molar-refractivity contribution >= 4 is 17.5 Å². The molecule has 0 bridgehead atoms. The molecular weight excluding hydrogens is 318 g/mol. The van der Waals surface area contributed by atoms with E-state index in [4.69, 9.17) is 4.74 Å². The Morgan fingerprint density at radius 2 is 2.20 bits per heavy atom. The summed E-state index contributed by atoms with van der Waals surface area (Å²) < 4.78 is 6.00. The Balaban J connectivity index is 1.34. The summed E-state index contributed by atoms with van der Waals surface area (Å²) in [5.41, 5.74) is 0. The van der Waals surface area contributed by atoms with Gasteiger partial charge in [-0.15, -0.1) is 0 Å². The monoisotopic (exact) mass is 345 g/mol. The van der Waals surface area contributed by atoms with Crippen LogP contribution in [0.1, 0.15) is 19.3 Å². The molecule has 1 aromatic heterocycles. The standard InChI is InChI=1S/C18H27N5O2/c1-22(2)16-6-17(21-11-20-16)23-8-14-13(10-25-15(14)9-23)7-19-18(24)5-12-3-4-12/h6,11-15H,3-5,7-10H2,1-2H3,(H,19,24)/t13-,14-,15-/m0/s1. The van der Waals surface area contributed by atoms with Crippen molar-refractivity contribution in [3.8, 4) is 0 Å². The molecule has 7 nitrogen and oxygen atoms in total. The number of rotatable bonds is 6. The Kier molecular flexibility index (Phi) is 4.50. The third kappa shape index (κ3) is 3.71. The highest BCUT2D eigenvalue weighted by atomic mass is 16.5. The van der Waals surface area contributed by atoms with Gasteiger partial charge in [-0.3, -0.25) is 4.79 Å². The Morgan fingerprint density at radius 1 is 1.36 bits per heavy atom. The first-order chi connectivity index (χ1) is 12.1. The van der Waals surface area contributed by atoms with Crippen molar-refractivity contribution in [2.24, 2.45) is 17.8 Å². The van der Waals surface area contributed by atoms with Gasteiger partial charge >= 0.3 is 0 Å². The van der Waals surface area contributed by atoms with Crippen LogP contribution in [0.5, 0.6) is 0 Å². The van der Waals surface area contributed by atoms with Crippen molar-refractivity contribution in [1.82, 2.24) is 15.3 Å². The third-order valence-corrected chi connectivity index (χ3v) is 5.59. The van der Waals surface area contributed by atoms with E-state index in [1.54, 1.807) is 6.33 Å².